The zero-order chi connectivity index (χ0) is 13.4. The van der Waals surface area contributed by atoms with Crippen LogP contribution in [0.2, 0.25) is 0 Å². The van der Waals surface area contributed by atoms with Gasteiger partial charge < -0.3 is 0 Å². The summed E-state index contributed by atoms with van der Waals surface area (Å²) in [4.78, 5) is 11.9. The Morgan fingerprint density at radius 1 is 1.26 bits per heavy atom. The van der Waals surface area contributed by atoms with E-state index in [9.17, 15) is 4.79 Å². The van der Waals surface area contributed by atoms with Gasteiger partial charge in [-0.3, -0.25) is 4.79 Å². The van der Waals surface area contributed by atoms with Crippen molar-refractivity contribution >= 4 is 5.78 Å². The summed E-state index contributed by atoms with van der Waals surface area (Å²) in [6.45, 7) is 4.36. The Labute approximate surface area is 113 Å². The number of Topliss-reactive ketones (excluding diaryl/α,β-unsaturated/α-hetero) is 1. The summed E-state index contributed by atoms with van der Waals surface area (Å²) in [5, 5.41) is 4.41. The maximum Gasteiger partial charge on any atom is 0.166 e. The molecule has 1 aliphatic rings. The molecule has 1 aliphatic carbocycles. The molecule has 0 aliphatic heterocycles. The number of nitrogens with zero attached hydrogens (tertiary/aromatic N) is 2. The highest BCUT2D eigenvalue weighted by atomic mass is 16.1. The summed E-state index contributed by atoms with van der Waals surface area (Å²) in [6.07, 6.45) is 4.25. The van der Waals surface area contributed by atoms with Crippen molar-refractivity contribution in [3.8, 4) is 5.69 Å². The number of ketones is 1. The number of aromatic nitrogens is 2. The first-order valence-corrected chi connectivity index (χ1v) is 6.87. The van der Waals surface area contributed by atoms with Crippen molar-refractivity contribution in [1.29, 1.82) is 0 Å². The molecule has 0 spiro atoms. The van der Waals surface area contributed by atoms with Crippen LogP contribution in [-0.4, -0.2) is 15.6 Å². The third-order valence-electron chi connectivity index (χ3n) is 3.77. The number of rotatable bonds is 2. The number of carbonyl (C=O) groups is 1. The lowest BCUT2D eigenvalue weighted by Crippen LogP contribution is -2.12. The van der Waals surface area contributed by atoms with Gasteiger partial charge in [-0.15, -0.1) is 0 Å². The zero-order valence-corrected chi connectivity index (χ0v) is 11.4. The van der Waals surface area contributed by atoms with Crippen molar-refractivity contribution in [3.63, 3.8) is 0 Å². The maximum atomic E-state index is 11.9. The van der Waals surface area contributed by atoms with Gasteiger partial charge in [-0.2, -0.15) is 5.10 Å². The predicted molar refractivity (Wildman–Crippen MR) is 74.9 cm³/mol. The molecule has 0 amide bonds. The molecule has 1 heterocycles. The molecule has 0 N–H and O–H groups in total. The summed E-state index contributed by atoms with van der Waals surface area (Å²) in [5.74, 6) is 0.723. The summed E-state index contributed by atoms with van der Waals surface area (Å²) < 4.78 is 1.93. The molecule has 0 saturated carbocycles. The molecule has 2 aromatic rings. The largest absolute Gasteiger partial charge is 0.294 e. The van der Waals surface area contributed by atoms with E-state index in [2.05, 4.69) is 43.2 Å². The highest BCUT2D eigenvalue weighted by Crippen LogP contribution is 2.25. The number of fused-ring (bicyclic) bond motifs is 1. The Kier molecular flexibility index (Phi) is 2.97. The van der Waals surface area contributed by atoms with Crippen LogP contribution in [0.25, 0.3) is 5.69 Å². The van der Waals surface area contributed by atoms with Crippen LogP contribution in [-0.2, 0) is 6.42 Å². The van der Waals surface area contributed by atoms with Crippen molar-refractivity contribution < 1.29 is 4.79 Å². The molecule has 3 nitrogen and oxygen atoms in total. The van der Waals surface area contributed by atoms with Crippen LogP contribution in [0.3, 0.4) is 0 Å². The number of hydrogen-bond acceptors (Lipinski definition) is 2. The van der Waals surface area contributed by atoms with E-state index >= 15 is 0 Å². The Hall–Kier alpha value is -1.90. The standard InChI is InChI=1S/C16H18N2O/c1-11(2)12-5-3-6-13(9-12)18-15-7-4-8-16(19)14(15)10-17-18/h3,5-6,9-11H,4,7-8H2,1-2H3. The summed E-state index contributed by atoms with van der Waals surface area (Å²) in [7, 11) is 0. The highest BCUT2D eigenvalue weighted by Gasteiger charge is 2.22. The fourth-order valence-electron chi connectivity index (χ4n) is 2.64. The number of carbonyl (C=O) groups excluding carboxylic acids is 1. The molecule has 0 unspecified atom stereocenters. The van der Waals surface area contributed by atoms with Crippen LogP contribution < -0.4 is 0 Å². The molecule has 3 heteroatoms. The van der Waals surface area contributed by atoms with Gasteiger partial charge in [0.1, 0.15) is 0 Å². The van der Waals surface area contributed by atoms with E-state index in [0.717, 1.165) is 29.8 Å². The number of benzene rings is 1. The van der Waals surface area contributed by atoms with Crippen LogP contribution >= 0.6 is 0 Å². The lowest BCUT2D eigenvalue weighted by molar-refractivity contribution is 0.0972. The fourth-order valence-corrected chi connectivity index (χ4v) is 2.64. The minimum Gasteiger partial charge on any atom is -0.294 e. The van der Waals surface area contributed by atoms with E-state index in [1.54, 1.807) is 6.20 Å². The Bertz CT molecular complexity index is 625. The zero-order valence-electron chi connectivity index (χ0n) is 11.4. The normalized spacial score (nSPS) is 14.8. The van der Waals surface area contributed by atoms with Crippen molar-refractivity contribution in [2.45, 2.75) is 39.0 Å². The monoisotopic (exact) mass is 254 g/mol. The first-order chi connectivity index (χ1) is 9.16. The van der Waals surface area contributed by atoms with Crippen LogP contribution in [0.15, 0.2) is 30.5 Å². The maximum absolute atomic E-state index is 11.9. The second-order valence-corrected chi connectivity index (χ2v) is 5.44. The molecule has 3 rings (SSSR count). The third-order valence-corrected chi connectivity index (χ3v) is 3.77. The van der Waals surface area contributed by atoms with Crippen LogP contribution in [0, 0.1) is 0 Å². The van der Waals surface area contributed by atoms with Crippen molar-refractivity contribution in [2.75, 3.05) is 0 Å². The fraction of sp³-hybridized carbons (Fsp3) is 0.375. The van der Waals surface area contributed by atoms with Crippen LogP contribution in [0.5, 0.6) is 0 Å². The summed E-state index contributed by atoms with van der Waals surface area (Å²) >= 11 is 0. The van der Waals surface area contributed by atoms with Crippen LogP contribution in [0.1, 0.15) is 54.2 Å². The molecule has 0 radical (unpaired) electrons. The van der Waals surface area contributed by atoms with Gasteiger partial charge >= 0.3 is 0 Å². The lowest BCUT2D eigenvalue weighted by Gasteiger charge is -2.14. The van der Waals surface area contributed by atoms with Crippen molar-refractivity contribution in [3.05, 3.63) is 47.3 Å². The molecule has 0 fully saturated rings. The molecule has 1 aromatic heterocycles. The van der Waals surface area contributed by atoms with Gasteiger partial charge in [0.15, 0.2) is 5.78 Å². The van der Waals surface area contributed by atoms with E-state index in [4.69, 9.17) is 0 Å². The van der Waals surface area contributed by atoms with Gasteiger partial charge in [-0.25, -0.2) is 4.68 Å². The average molecular weight is 254 g/mol. The van der Waals surface area contributed by atoms with Gasteiger partial charge in [-0.05, 0) is 36.5 Å². The van der Waals surface area contributed by atoms with Gasteiger partial charge in [0.2, 0.25) is 0 Å². The molecule has 98 valence electrons. The van der Waals surface area contributed by atoms with E-state index < -0.39 is 0 Å². The Morgan fingerprint density at radius 3 is 2.89 bits per heavy atom. The molecular formula is C16H18N2O. The topological polar surface area (TPSA) is 34.9 Å². The van der Waals surface area contributed by atoms with E-state index in [1.807, 2.05) is 4.68 Å². The molecule has 19 heavy (non-hydrogen) atoms. The quantitative estimate of drug-likeness (QED) is 0.822. The van der Waals surface area contributed by atoms with Crippen LogP contribution in [0.4, 0.5) is 0 Å². The van der Waals surface area contributed by atoms with E-state index in [1.165, 1.54) is 5.56 Å². The molecular weight excluding hydrogens is 236 g/mol. The second-order valence-electron chi connectivity index (χ2n) is 5.44. The highest BCUT2D eigenvalue weighted by molar-refractivity contribution is 5.98. The average Bonchev–Trinajstić information content (AvgIpc) is 2.84. The summed E-state index contributed by atoms with van der Waals surface area (Å²) in [5.41, 5.74) is 4.23. The molecule has 0 saturated heterocycles. The van der Waals surface area contributed by atoms with Crippen molar-refractivity contribution in [2.24, 2.45) is 0 Å². The van der Waals surface area contributed by atoms with E-state index in [0.29, 0.717) is 12.3 Å². The van der Waals surface area contributed by atoms with E-state index in [-0.39, 0.29) is 5.78 Å². The SMILES string of the molecule is CC(C)c1cccc(-n2ncc3c2CCCC3=O)c1. The molecule has 0 atom stereocenters. The predicted octanol–water partition coefficient (Wildman–Crippen LogP) is 3.51. The third kappa shape index (κ3) is 2.09. The smallest absolute Gasteiger partial charge is 0.166 e. The first-order valence-electron chi connectivity index (χ1n) is 6.87. The van der Waals surface area contributed by atoms with Gasteiger partial charge in [0.25, 0.3) is 0 Å². The second kappa shape index (κ2) is 4.65. The summed E-state index contributed by atoms with van der Waals surface area (Å²) in [6, 6.07) is 8.41. The number of hydrogen-bond donors (Lipinski definition) is 0. The Balaban J connectivity index is 2.08. The lowest BCUT2D eigenvalue weighted by atomic mass is 9.96. The minimum atomic E-state index is 0.229. The molecule has 1 aromatic carbocycles. The first kappa shape index (κ1) is 12.2. The molecule has 0 bridgehead atoms. The van der Waals surface area contributed by atoms with Gasteiger partial charge in [-0.1, -0.05) is 26.0 Å². The van der Waals surface area contributed by atoms with Gasteiger partial charge in [0.05, 0.1) is 23.1 Å². The van der Waals surface area contributed by atoms with Gasteiger partial charge in [0, 0.05) is 6.42 Å². The van der Waals surface area contributed by atoms with Crippen molar-refractivity contribution in [1.82, 2.24) is 9.78 Å². The minimum absolute atomic E-state index is 0.229. The Morgan fingerprint density at radius 2 is 2.11 bits per heavy atom.